The summed E-state index contributed by atoms with van der Waals surface area (Å²) in [4.78, 5) is 15.1. The van der Waals surface area contributed by atoms with Crippen molar-refractivity contribution in [3.63, 3.8) is 0 Å². The first-order valence-electron chi connectivity index (χ1n) is 4.27. The number of hydrogen-bond acceptors (Lipinski definition) is 5. The molecule has 0 fully saturated rings. The number of nitrogens with two attached hydrogens (primary N) is 1. The van der Waals surface area contributed by atoms with Crippen LogP contribution in [0.5, 0.6) is 0 Å². The van der Waals surface area contributed by atoms with E-state index >= 15 is 0 Å². The predicted molar refractivity (Wildman–Crippen MR) is 57.1 cm³/mol. The van der Waals surface area contributed by atoms with Gasteiger partial charge in [-0.05, 0) is 12.1 Å². The van der Waals surface area contributed by atoms with E-state index in [1.807, 2.05) is 29.7 Å². The molecule has 0 aliphatic carbocycles. The molecular weight excluding hydrogens is 214 g/mol. The van der Waals surface area contributed by atoms with Crippen molar-refractivity contribution < 1.29 is 9.21 Å². The summed E-state index contributed by atoms with van der Waals surface area (Å²) >= 11 is 1.21. The molecule has 78 valence electrons. The summed E-state index contributed by atoms with van der Waals surface area (Å²) in [5.74, 6) is 4.88. The highest BCUT2D eigenvalue weighted by molar-refractivity contribution is 7.99. The van der Waals surface area contributed by atoms with Crippen LogP contribution in [0, 0.1) is 0 Å². The standard InChI is InChI=1S/C9H9N3O2S/c10-12-8(13)5-15-9-11-6-3-1-2-4-7(6)14-9/h1-4H,5,10H2,(H,12,13). The van der Waals surface area contributed by atoms with Gasteiger partial charge in [0.15, 0.2) is 5.58 Å². The van der Waals surface area contributed by atoms with Gasteiger partial charge in [-0.25, -0.2) is 10.8 Å². The Balaban J connectivity index is 2.12. The Morgan fingerprint density at radius 2 is 2.33 bits per heavy atom. The van der Waals surface area contributed by atoms with Crippen LogP contribution < -0.4 is 11.3 Å². The second kappa shape index (κ2) is 4.33. The summed E-state index contributed by atoms with van der Waals surface area (Å²) < 4.78 is 5.39. The van der Waals surface area contributed by atoms with Crippen LogP contribution in [-0.4, -0.2) is 16.6 Å². The number of aromatic nitrogens is 1. The smallest absolute Gasteiger partial charge is 0.257 e. The van der Waals surface area contributed by atoms with Crippen molar-refractivity contribution in [2.24, 2.45) is 5.84 Å². The van der Waals surface area contributed by atoms with Crippen LogP contribution in [-0.2, 0) is 4.79 Å². The zero-order valence-electron chi connectivity index (χ0n) is 7.77. The average Bonchev–Trinajstić information content (AvgIpc) is 2.68. The summed E-state index contributed by atoms with van der Waals surface area (Å²) in [5, 5.41) is 0.472. The van der Waals surface area contributed by atoms with Gasteiger partial charge < -0.3 is 4.42 Å². The molecule has 0 spiro atoms. The molecule has 1 aromatic heterocycles. The Kier molecular flexibility index (Phi) is 2.89. The number of para-hydroxylation sites is 2. The third-order valence-electron chi connectivity index (χ3n) is 1.76. The van der Waals surface area contributed by atoms with E-state index in [2.05, 4.69) is 4.98 Å². The lowest BCUT2D eigenvalue weighted by atomic mass is 10.3. The number of amides is 1. The van der Waals surface area contributed by atoms with E-state index in [4.69, 9.17) is 10.3 Å². The fraction of sp³-hybridized carbons (Fsp3) is 0.111. The van der Waals surface area contributed by atoms with Gasteiger partial charge in [-0.3, -0.25) is 10.2 Å². The Morgan fingerprint density at radius 3 is 3.07 bits per heavy atom. The van der Waals surface area contributed by atoms with Crippen LogP contribution in [0.3, 0.4) is 0 Å². The van der Waals surface area contributed by atoms with Crippen LogP contribution in [0.25, 0.3) is 11.1 Å². The maximum Gasteiger partial charge on any atom is 0.257 e. The molecule has 1 aromatic carbocycles. The lowest BCUT2D eigenvalue weighted by molar-refractivity contribution is -0.118. The highest BCUT2D eigenvalue weighted by Crippen LogP contribution is 2.22. The normalized spacial score (nSPS) is 10.5. The molecule has 0 aliphatic heterocycles. The van der Waals surface area contributed by atoms with Gasteiger partial charge in [-0.2, -0.15) is 0 Å². The third kappa shape index (κ3) is 2.28. The van der Waals surface area contributed by atoms with Crippen LogP contribution in [0.2, 0.25) is 0 Å². The van der Waals surface area contributed by atoms with Gasteiger partial charge in [-0.1, -0.05) is 23.9 Å². The van der Waals surface area contributed by atoms with Crippen molar-refractivity contribution >= 4 is 28.8 Å². The first kappa shape index (κ1) is 10.0. The summed E-state index contributed by atoms with van der Waals surface area (Å²) in [5.41, 5.74) is 3.54. The number of rotatable bonds is 3. The Morgan fingerprint density at radius 1 is 1.53 bits per heavy atom. The van der Waals surface area contributed by atoms with E-state index in [0.29, 0.717) is 10.8 Å². The average molecular weight is 223 g/mol. The topological polar surface area (TPSA) is 81.1 Å². The molecule has 1 heterocycles. The second-order valence-corrected chi connectivity index (χ2v) is 3.73. The SMILES string of the molecule is NNC(=O)CSc1nc2ccccc2o1. The lowest BCUT2D eigenvalue weighted by Gasteiger charge is -1.94. The molecule has 6 heteroatoms. The Hall–Kier alpha value is -1.53. The van der Waals surface area contributed by atoms with E-state index < -0.39 is 0 Å². The minimum absolute atomic E-state index is 0.198. The molecule has 0 bridgehead atoms. The molecule has 2 rings (SSSR count). The van der Waals surface area contributed by atoms with Gasteiger partial charge >= 0.3 is 0 Å². The van der Waals surface area contributed by atoms with Gasteiger partial charge in [0.1, 0.15) is 5.52 Å². The maximum atomic E-state index is 10.9. The summed E-state index contributed by atoms with van der Waals surface area (Å²) in [6.07, 6.45) is 0. The van der Waals surface area contributed by atoms with Crippen molar-refractivity contribution in [1.82, 2.24) is 10.4 Å². The number of hydrazine groups is 1. The van der Waals surface area contributed by atoms with Crippen LogP contribution in [0.1, 0.15) is 0 Å². The monoisotopic (exact) mass is 223 g/mol. The largest absolute Gasteiger partial charge is 0.431 e. The number of benzene rings is 1. The first-order chi connectivity index (χ1) is 7.29. The molecule has 1 amide bonds. The van der Waals surface area contributed by atoms with Crippen LogP contribution >= 0.6 is 11.8 Å². The van der Waals surface area contributed by atoms with Gasteiger partial charge in [-0.15, -0.1) is 0 Å². The first-order valence-corrected chi connectivity index (χ1v) is 5.26. The number of carbonyl (C=O) groups is 1. The highest BCUT2D eigenvalue weighted by Gasteiger charge is 2.07. The minimum atomic E-state index is -0.262. The summed E-state index contributed by atoms with van der Waals surface area (Å²) in [7, 11) is 0. The Bertz CT molecular complexity index is 450. The fourth-order valence-electron chi connectivity index (χ4n) is 1.08. The number of carbonyl (C=O) groups excluding carboxylic acids is 1. The van der Waals surface area contributed by atoms with E-state index in [1.54, 1.807) is 0 Å². The van der Waals surface area contributed by atoms with E-state index in [9.17, 15) is 4.79 Å². The fourth-order valence-corrected chi connectivity index (χ4v) is 1.73. The lowest BCUT2D eigenvalue weighted by Crippen LogP contribution is -2.31. The van der Waals surface area contributed by atoms with Crippen LogP contribution in [0.4, 0.5) is 0 Å². The highest BCUT2D eigenvalue weighted by atomic mass is 32.2. The zero-order valence-corrected chi connectivity index (χ0v) is 8.58. The van der Waals surface area contributed by atoms with E-state index in [-0.39, 0.29) is 11.7 Å². The van der Waals surface area contributed by atoms with E-state index in [1.165, 1.54) is 11.8 Å². The van der Waals surface area contributed by atoms with Crippen LogP contribution in [0.15, 0.2) is 33.9 Å². The number of thioether (sulfide) groups is 1. The molecule has 0 aliphatic rings. The van der Waals surface area contributed by atoms with Crippen molar-refractivity contribution in [2.75, 3.05) is 5.75 Å². The molecular formula is C9H9N3O2S. The summed E-state index contributed by atoms with van der Waals surface area (Å²) in [6, 6.07) is 7.43. The summed E-state index contributed by atoms with van der Waals surface area (Å²) in [6.45, 7) is 0. The van der Waals surface area contributed by atoms with Crippen molar-refractivity contribution in [1.29, 1.82) is 0 Å². The molecule has 5 nitrogen and oxygen atoms in total. The molecule has 2 aromatic rings. The molecule has 0 saturated carbocycles. The molecule has 0 atom stereocenters. The molecule has 3 N–H and O–H groups in total. The van der Waals surface area contributed by atoms with Gasteiger partial charge in [0.25, 0.3) is 5.22 Å². The van der Waals surface area contributed by atoms with Gasteiger partial charge in [0.05, 0.1) is 5.75 Å². The number of fused-ring (bicyclic) bond motifs is 1. The molecule has 0 unspecified atom stereocenters. The molecule has 0 radical (unpaired) electrons. The maximum absolute atomic E-state index is 10.9. The molecule has 0 saturated heterocycles. The number of oxazole rings is 1. The quantitative estimate of drug-likeness (QED) is 0.350. The number of hydrogen-bond donors (Lipinski definition) is 2. The minimum Gasteiger partial charge on any atom is -0.431 e. The van der Waals surface area contributed by atoms with Gasteiger partial charge in [0, 0.05) is 0 Å². The number of nitrogens with one attached hydrogen (secondary N) is 1. The second-order valence-electron chi connectivity index (χ2n) is 2.80. The predicted octanol–water partition coefficient (Wildman–Crippen LogP) is 0.910. The molecule has 15 heavy (non-hydrogen) atoms. The van der Waals surface area contributed by atoms with Crippen molar-refractivity contribution in [3.05, 3.63) is 24.3 Å². The third-order valence-corrected chi connectivity index (χ3v) is 2.59. The van der Waals surface area contributed by atoms with E-state index in [0.717, 1.165) is 5.52 Å². The number of nitrogens with zero attached hydrogens (tertiary/aromatic N) is 1. The zero-order chi connectivity index (χ0) is 10.7. The van der Waals surface area contributed by atoms with Gasteiger partial charge in [0.2, 0.25) is 5.91 Å². The van der Waals surface area contributed by atoms with Crippen molar-refractivity contribution in [2.45, 2.75) is 5.22 Å². The Labute approximate surface area is 90.0 Å². The van der Waals surface area contributed by atoms with Crippen molar-refractivity contribution in [3.8, 4) is 0 Å².